The topological polar surface area (TPSA) is 72.4 Å². The Morgan fingerprint density at radius 1 is 1.11 bits per heavy atom. The summed E-state index contributed by atoms with van der Waals surface area (Å²) in [7, 11) is 1.65. The lowest BCUT2D eigenvalue weighted by Gasteiger charge is -2.08. The van der Waals surface area contributed by atoms with Crippen LogP contribution in [0, 0.1) is 0 Å². The number of pyridine rings is 2. The molecule has 0 bridgehead atoms. The number of ether oxygens (including phenoxy) is 1. The number of hydrogen-bond donors (Lipinski definition) is 2. The van der Waals surface area contributed by atoms with Crippen molar-refractivity contribution in [3.8, 4) is 17.0 Å². The molecule has 0 radical (unpaired) electrons. The highest BCUT2D eigenvalue weighted by atomic mass is 16.5. The number of aromatic nitrogens is 3. The number of amides is 1. The highest BCUT2D eigenvalue weighted by molar-refractivity contribution is 5.91. The fourth-order valence-electron chi connectivity index (χ4n) is 3.33. The van der Waals surface area contributed by atoms with Crippen LogP contribution >= 0.6 is 0 Å². The van der Waals surface area contributed by atoms with Gasteiger partial charge in [0.05, 0.1) is 13.3 Å². The number of carbonyl (C=O) groups excluding carboxylic acids is 1. The predicted molar refractivity (Wildman–Crippen MR) is 105 cm³/mol. The summed E-state index contributed by atoms with van der Waals surface area (Å²) in [6.07, 6.45) is 6.31. The Kier molecular flexibility index (Phi) is 5.01. The van der Waals surface area contributed by atoms with Gasteiger partial charge in [-0.2, -0.15) is 4.40 Å². The molecule has 0 fully saturated rings. The number of nitrogens with zero attached hydrogens (tertiary/aromatic N) is 1. The first-order valence-electron chi connectivity index (χ1n) is 9.17. The number of fused-ring (bicyclic) bond motifs is 1. The van der Waals surface area contributed by atoms with Gasteiger partial charge in [-0.1, -0.05) is 24.3 Å². The van der Waals surface area contributed by atoms with Crippen LogP contribution in [0.25, 0.3) is 16.8 Å². The molecule has 1 aromatic carbocycles. The molecule has 0 saturated heterocycles. The number of nitrogens with one attached hydrogen (secondary N) is 3. The van der Waals surface area contributed by atoms with Crippen molar-refractivity contribution in [3.05, 3.63) is 84.6 Å². The number of methoxy groups -OCH3 is 1. The van der Waals surface area contributed by atoms with Crippen LogP contribution in [-0.2, 0) is 6.42 Å². The van der Waals surface area contributed by atoms with Crippen molar-refractivity contribution in [1.82, 2.24) is 10.3 Å². The molecule has 0 aliphatic carbocycles. The minimum absolute atomic E-state index is 0.148. The molecule has 3 N–H and O–H groups in total. The van der Waals surface area contributed by atoms with E-state index >= 15 is 0 Å². The maximum Gasteiger partial charge on any atom is 0.351 e. The van der Waals surface area contributed by atoms with Crippen LogP contribution in [0.4, 0.5) is 0 Å². The number of carbonyl (C=O) groups is 1. The molecule has 4 aromatic rings. The van der Waals surface area contributed by atoms with E-state index in [0.717, 1.165) is 28.1 Å². The molecule has 1 amide bonds. The number of hydrogen-bond acceptors (Lipinski definition) is 2. The maximum atomic E-state index is 12.8. The zero-order valence-electron chi connectivity index (χ0n) is 15.6. The molecule has 6 nitrogen and oxygen atoms in total. The van der Waals surface area contributed by atoms with E-state index in [1.807, 2.05) is 77.6 Å². The summed E-state index contributed by atoms with van der Waals surface area (Å²) in [6, 6.07) is 17.7. The average Bonchev–Trinajstić information content (AvgIpc) is 3.14. The molecule has 28 heavy (non-hydrogen) atoms. The second-order valence-corrected chi connectivity index (χ2v) is 6.41. The second-order valence-electron chi connectivity index (χ2n) is 6.41. The first kappa shape index (κ1) is 17.7. The monoisotopic (exact) mass is 374 g/mol. The summed E-state index contributed by atoms with van der Waals surface area (Å²) in [4.78, 5) is 19.2. The zero-order valence-corrected chi connectivity index (χ0v) is 15.6. The number of benzene rings is 1. The largest absolute Gasteiger partial charge is 0.496 e. The Hall–Kier alpha value is -3.67. The fourth-order valence-corrected chi connectivity index (χ4v) is 3.33. The summed E-state index contributed by atoms with van der Waals surface area (Å²) in [5.41, 5.74) is 3.93. The standard InChI is InChI=1S/C22H20N4O2/c1-28-19-8-3-2-6-16(19)11-14-24-22(27)21-25-20(17-9-12-23-13-10-17)18-7-4-5-15-26(18)21/h2-10,12-13,15H,11,14H2,1H3,(H,24,27)/p+2. The summed E-state index contributed by atoms with van der Waals surface area (Å²) >= 11 is 0. The van der Waals surface area contributed by atoms with Crippen molar-refractivity contribution in [2.24, 2.45) is 0 Å². The minimum Gasteiger partial charge on any atom is -0.496 e. The van der Waals surface area contributed by atoms with Crippen LogP contribution in [0.2, 0.25) is 0 Å². The van der Waals surface area contributed by atoms with Gasteiger partial charge in [-0.05, 0) is 30.2 Å². The Morgan fingerprint density at radius 2 is 1.89 bits per heavy atom. The van der Waals surface area contributed by atoms with E-state index in [1.165, 1.54) is 0 Å². The first-order chi connectivity index (χ1) is 13.8. The van der Waals surface area contributed by atoms with Gasteiger partial charge in [0, 0.05) is 24.2 Å². The molecule has 0 spiro atoms. The van der Waals surface area contributed by atoms with Crippen LogP contribution in [0.15, 0.2) is 73.2 Å². The molecule has 3 heterocycles. The molecule has 0 unspecified atom stereocenters. The molecule has 3 aromatic heterocycles. The van der Waals surface area contributed by atoms with E-state index in [1.54, 1.807) is 7.11 Å². The molecule has 0 aliphatic heterocycles. The third kappa shape index (κ3) is 3.44. The Morgan fingerprint density at radius 3 is 2.71 bits per heavy atom. The Bertz CT molecular complexity index is 1110. The smallest absolute Gasteiger partial charge is 0.351 e. The van der Waals surface area contributed by atoms with Crippen molar-refractivity contribution >= 4 is 11.4 Å². The molecule has 0 aliphatic rings. The van der Waals surface area contributed by atoms with Gasteiger partial charge in [0.2, 0.25) is 0 Å². The number of para-hydroxylation sites is 1. The van der Waals surface area contributed by atoms with Crippen molar-refractivity contribution in [1.29, 1.82) is 0 Å². The Labute approximate surface area is 162 Å². The minimum atomic E-state index is -0.148. The van der Waals surface area contributed by atoms with Gasteiger partial charge in [-0.15, -0.1) is 0 Å². The van der Waals surface area contributed by atoms with E-state index in [2.05, 4.69) is 15.3 Å². The second kappa shape index (κ2) is 7.92. The van der Waals surface area contributed by atoms with E-state index in [0.29, 0.717) is 18.8 Å². The van der Waals surface area contributed by atoms with E-state index in [9.17, 15) is 4.79 Å². The van der Waals surface area contributed by atoms with Crippen LogP contribution in [-0.4, -0.2) is 24.5 Å². The van der Waals surface area contributed by atoms with Gasteiger partial charge in [0.1, 0.15) is 5.75 Å². The maximum absolute atomic E-state index is 12.8. The lowest BCUT2D eigenvalue weighted by atomic mass is 10.1. The third-order valence-corrected chi connectivity index (χ3v) is 4.69. The SMILES string of the molecule is COc1ccccc1CCNC(=O)c1[nH]c(-c2cc[nH+]cc2)c2cccc[n+]12. The van der Waals surface area contributed by atoms with Gasteiger partial charge >= 0.3 is 11.7 Å². The van der Waals surface area contributed by atoms with E-state index in [-0.39, 0.29) is 5.91 Å². The van der Waals surface area contributed by atoms with E-state index in [4.69, 9.17) is 4.74 Å². The van der Waals surface area contributed by atoms with Crippen molar-refractivity contribution < 1.29 is 18.9 Å². The number of imidazole rings is 1. The summed E-state index contributed by atoms with van der Waals surface area (Å²) < 4.78 is 7.25. The molecule has 0 saturated carbocycles. The summed E-state index contributed by atoms with van der Waals surface area (Å²) in [5, 5.41) is 3.00. The fraction of sp³-hybridized carbons (Fsp3) is 0.136. The van der Waals surface area contributed by atoms with Crippen LogP contribution < -0.4 is 19.4 Å². The predicted octanol–water partition coefficient (Wildman–Crippen LogP) is 2.22. The molecule has 0 atom stereocenters. The average molecular weight is 374 g/mol. The van der Waals surface area contributed by atoms with E-state index < -0.39 is 0 Å². The van der Waals surface area contributed by atoms with Crippen molar-refractivity contribution in [2.45, 2.75) is 6.42 Å². The number of H-pyrrole nitrogens is 2. The number of rotatable bonds is 6. The van der Waals surface area contributed by atoms with Gasteiger partial charge < -0.3 is 10.1 Å². The van der Waals surface area contributed by atoms with Crippen LogP contribution in [0.5, 0.6) is 5.75 Å². The molecular weight excluding hydrogens is 352 g/mol. The number of aromatic amines is 2. The molecular formula is C22H22N4O2+2. The first-order valence-corrected chi connectivity index (χ1v) is 9.17. The molecule has 4 rings (SSSR count). The van der Waals surface area contributed by atoms with Crippen molar-refractivity contribution in [2.75, 3.05) is 13.7 Å². The zero-order chi connectivity index (χ0) is 19.3. The van der Waals surface area contributed by atoms with Gasteiger partial charge in [-0.3, -0.25) is 4.79 Å². The third-order valence-electron chi connectivity index (χ3n) is 4.69. The van der Waals surface area contributed by atoms with Crippen molar-refractivity contribution in [3.63, 3.8) is 0 Å². The van der Waals surface area contributed by atoms with Gasteiger partial charge in [0.25, 0.3) is 0 Å². The lowest BCUT2D eigenvalue weighted by molar-refractivity contribution is -0.513. The Balaban J connectivity index is 1.56. The summed E-state index contributed by atoms with van der Waals surface area (Å²) in [5.74, 6) is 1.18. The van der Waals surface area contributed by atoms with Crippen LogP contribution in [0.3, 0.4) is 0 Å². The van der Waals surface area contributed by atoms with Gasteiger partial charge in [-0.25, -0.2) is 9.97 Å². The molecule has 140 valence electrons. The highest BCUT2D eigenvalue weighted by Crippen LogP contribution is 2.20. The normalized spacial score (nSPS) is 10.8. The summed E-state index contributed by atoms with van der Waals surface area (Å²) in [6.45, 7) is 0.517. The quantitative estimate of drug-likeness (QED) is 0.508. The molecule has 6 heteroatoms. The lowest BCUT2D eigenvalue weighted by Crippen LogP contribution is -2.35. The van der Waals surface area contributed by atoms with Gasteiger partial charge in [0.15, 0.2) is 23.6 Å². The van der Waals surface area contributed by atoms with Crippen LogP contribution in [0.1, 0.15) is 16.2 Å². The highest BCUT2D eigenvalue weighted by Gasteiger charge is 2.25.